The second kappa shape index (κ2) is 7.24. The van der Waals surface area contributed by atoms with Crippen LogP contribution >= 0.6 is 0 Å². The third-order valence-electron chi connectivity index (χ3n) is 5.62. The number of hydrogen-bond acceptors (Lipinski definition) is 3. The molecule has 2 heterocycles. The molecule has 118 valence electrons. The lowest BCUT2D eigenvalue weighted by molar-refractivity contribution is 0.0146. The van der Waals surface area contributed by atoms with Gasteiger partial charge in [-0.1, -0.05) is 26.2 Å². The highest BCUT2D eigenvalue weighted by Gasteiger charge is 2.50. The number of nitrogens with two attached hydrogens (primary N) is 1. The maximum atomic E-state index is 6.35. The van der Waals surface area contributed by atoms with Crippen molar-refractivity contribution in [2.24, 2.45) is 5.73 Å². The Balaban J connectivity index is 2.13. The summed E-state index contributed by atoms with van der Waals surface area (Å²) in [7, 11) is 0. The molecule has 2 N–H and O–H groups in total. The summed E-state index contributed by atoms with van der Waals surface area (Å²) in [6.07, 6.45) is 9.38. The van der Waals surface area contributed by atoms with Crippen LogP contribution in [0, 0.1) is 0 Å². The first-order chi connectivity index (χ1) is 9.65. The minimum Gasteiger partial charge on any atom is -0.329 e. The zero-order valence-electron chi connectivity index (χ0n) is 13.9. The van der Waals surface area contributed by atoms with Crippen molar-refractivity contribution in [2.75, 3.05) is 26.2 Å². The zero-order chi connectivity index (χ0) is 14.6. The van der Waals surface area contributed by atoms with Crippen molar-refractivity contribution >= 4 is 0 Å². The predicted octanol–water partition coefficient (Wildman–Crippen LogP) is 2.84. The Morgan fingerprint density at radius 3 is 2.70 bits per heavy atom. The fraction of sp³-hybridized carbons (Fsp3) is 1.00. The maximum Gasteiger partial charge on any atom is 0.0501 e. The Morgan fingerprint density at radius 1 is 1.25 bits per heavy atom. The van der Waals surface area contributed by atoms with Gasteiger partial charge in [-0.25, -0.2) is 0 Å². The molecule has 2 atom stereocenters. The molecule has 0 aromatic rings. The van der Waals surface area contributed by atoms with E-state index in [9.17, 15) is 0 Å². The molecule has 2 unspecified atom stereocenters. The van der Waals surface area contributed by atoms with Crippen molar-refractivity contribution in [2.45, 2.75) is 83.3 Å². The lowest BCUT2D eigenvalue weighted by atomic mass is 9.82. The van der Waals surface area contributed by atoms with Crippen LogP contribution in [-0.2, 0) is 0 Å². The SMILES string of the molecule is CCCCCN(C(C)C)C1(CN)CCN2CCCCC21. The van der Waals surface area contributed by atoms with Crippen molar-refractivity contribution in [3.05, 3.63) is 0 Å². The van der Waals surface area contributed by atoms with Crippen LogP contribution in [0.3, 0.4) is 0 Å². The van der Waals surface area contributed by atoms with E-state index in [0.29, 0.717) is 12.1 Å². The molecule has 2 saturated heterocycles. The molecule has 3 nitrogen and oxygen atoms in total. The van der Waals surface area contributed by atoms with E-state index in [-0.39, 0.29) is 5.54 Å². The summed E-state index contributed by atoms with van der Waals surface area (Å²) in [5.41, 5.74) is 6.60. The van der Waals surface area contributed by atoms with Crippen molar-refractivity contribution in [3.8, 4) is 0 Å². The van der Waals surface area contributed by atoms with Gasteiger partial charge in [0, 0.05) is 25.2 Å². The minimum absolute atomic E-state index is 0.252. The lowest BCUT2D eigenvalue weighted by Gasteiger charge is -2.49. The van der Waals surface area contributed by atoms with Crippen molar-refractivity contribution < 1.29 is 0 Å². The third kappa shape index (κ3) is 3.05. The Kier molecular flexibility index (Phi) is 5.88. The summed E-state index contributed by atoms with van der Waals surface area (Å²) in [4.78, 5) is 5.49. The molecular weight excluding hydrogens is 246 g/mol. The monoisotopic (exact) mass is 281 g/mol. The smallest absolute Gasteiger partial charge is 0.0501 e. The van der Waals surface area contributed by atoms with Gasteiger partial charge in [0.05, 0.1) is 5.54 Å². The van der Waals surface area contributed by atoms with Crippen molar-refractivity contribution in [3.63, 3.8) is 0 Å². The molecule has 2 fully saturated rings. The first-order valence-electron chi connectivity index (χ1n) is 8.86. The second-order valence-corrected chi connectivity index (χ2v) is 7.10. The van der Waals surface area contributed by atoms with Crippen LogP contribution in [0.15, 0.2) is 0 Å². The van der Waals surface area contributed by atoms with E-state index in [1.54, 1.807) is 0 Å². The van der Waals surface area contributed by atoms with E-state index in [4.69, 9.17) is 5.73 Å². The van der Waals surface area contributed by atoms with Crippen LogP contribution in [0.5, 0.6) is 0 Å². The molecule has 20 heavy (non-hydrogen) atoms. The molecule has 2 aliphatic rings. The molecule has 0 radical (unpaired) electrons. The van der Waals surface area contributed by atoms with Crippen LogP contribution in [-0.4, -0.2) is 53.6 Å². The molecule has 2 aliphatic heterocycles. The van der Waals surface area contributed by atoms with Gasteiger partial charge in [-0.3, -0.25) is 9.80 Å². The van der Waals surface area contributed by atoms with E-state index < -0.39 is 0 Å². The van der Waals surface area contributed by atoms with E-state index in [2.05, 4.69) is 30.6 Å². The summed E-state index contributed by atoms with van der Waals surface area (Å²) in [6, 6.07) is 1.32. The molecule has 0 spiro atoms. The zero-order valence-corrected chi connectivity index (χ0v) is 13.9. The Labute approximate surface area is 125 Å². The Morgan fingerprint density at radius 2 is 2.05 bits per heavy atom. The van der Waals surface area contributed by atoms with Gasteiger partial charge in [0.2, 0.25) is 0 Å². The van der Waals surface area contributed by atoms with Crippen LogP contribution in [0.2, 0.25) is 0 Å². The van der Waals surface area contributed by atoms with Crippen molar-refractivity contribution in [1.29, 1.82) is 0 Å². The Hall–Kier alpha value is -0.120. The van der Waals surface area contributed by atoms with Gasteiger partial charge in [0.1, 0.15) is 0 Å². The van der Waals surface area contributed by atoms with E-state index in [0.717, 1.165) is 6.54 Å². The molecule has 2 rings (SSSR count). The third-order valence-corrected chi connectivity index (χ3v) is 5.62. The largest absolute Gasteiger partial charge is 0.329 e. The molecule has 0 bridgehead atoms. The number of unbranched alkanes of at least 4 members (excludes halogenated alkanes) is 2. The quantitative estimate of drug-likeness (QED) is 0.728. The predicted molar refractivity (Wildman–Crippen MR) is 87.0 cm³/mol. The van der Waals surface area contributed by atoms with Crippen LogP contribution < -0.4 is 5.73 Å². The molecular formula is C17H35N3. The van der Waals surface area contributed by atoms with Gasteiger partial charge in [-0.15, -0.1) is 0 Å². The first-order valence-corrected chi connectivity index (χ1v) is 8.86. The highest BCUT2D eigenvalue weighted by atomic mass is 15.3. The molecule has 0 amide bonds. The number of hydrogen-bond donors (Lipinski definition) is 1. The summed E-state index contributed by atoms with van der Waals surface area (Å²) in [6.45, 7) is 11.6. The van der Waals surface area contributed by atoms with Crippen LogP contribution in [0.4, 0.5) is 0 Å². The second-order valence-electron chi connectivity index (χ2n) is 7.10. The Bertz CT molecular complexity index is 292. The number of piperidine rings is 1. The summed E-state index contributed by atoms with van der Waals surface area (Å²) < 4.78 is 0. The van der Waals surface area contributed by atoms with Gasteiger partial charge < -0.3 is 5.73 Å². The van der Waals surface area contributed by atoms with E-state index in [1.165, 1.54) is 64.6 Å². The van der Waals surface area contributed by atoms with Gasteiger partial charge in [-0.05, 0) is 52.6 Å². The van der Waals surface area contributed by atoms with Gasteiger partial charge in [0.25, 0.3) is 0 Å². The van der Waals surface area contributed by atoms with Crippen molar-refractivity contribution in [1.82, 2.24) is 9.80 Å². The number of fused-ring (bicyclic) bond motifs is 1. The topological polar surface area (TPSA) is 32.5 Å². The van der Waals surface area contributed by atoms with Crippen LogP contribution in [0.25, 0.3) is 0 Å². The minimum atomic E-state index is 0.252. The summed E-state index contributed by atoms with van der Waals surface area (Å²) in [5, 5.41) is 0. The number of nitrogens with zero attached hydrogens (tertiary/aromatic N) is 2. The molecule has 0 aliphatic carbocycles. The number of rotatable bonds is 7. The highest BCUT2D eigenvalue weighted by molar-refractivity contribution is 5.09. The molecule has 0 saturated carbocycles. The van der Waals surface area contributed by atoms with Crippen LogP contribution in [0.1, 0.15) is 65.7 Å². The first kappa shape index (κ1) is 16.3. The fourth-order valence-corrected chi connectivity index (χ4v) is 4.59. The highest BCUT2D eigenvalue weighted by Crippen LogP contribution is 2.39. The standard InChI is InChI=1S/C17H35N3/c1-4-5-7-12-20(15(2)3)17(14-18)10-13-19-11-8-6-9-16(17)19/h15-16H,4-14,18H2,1-3H3. The lowest BCUT2D eigenvalue weighted by Crippen LogP contribution is -2.63. The molecule has 3 heteroatoms. The summed E-state index contributed by atoms with van der Waals surface area (Å²) >= 11 is 0. The summed E-state index contributed by atoms with van der Waals surface area (Å²) in [5.74, 6) is 0. The van der Waals surface area contributed by atoms with E-state index in [1.807, 2.05) is 0 Å². The van der Waals surface area contributed by atoms with Gasteiger partial charge >= 0.3 is 0 Å². The van der Waals surface area contributed by atoms with Gasteiger partial charge in [0.15, 0.2) is 0 Å². The average Bonchev–Trinajstić information content (AvgIpc) is 2.83. The molecule has 0 aromatic carbocycles. The molecule has 0 aromatic heterocycles. The fourth-order valence-electron chi connectivity index (χ4n) is 4.59. The normalized spacial score (nSPS) is 31.2. The average molecular weight is 281 g/mol. The maximum absolute atomic E-state index is 6.35. The van der Waals surface area contributed by atoms with E-state index >= 15 is 0 Å². The van der Waals surface area contributed by atoms with Gasteiger partial charge in [-0.2, -0.15) is 0 Å².